The molecule has 0 aliphatic carbocycles. The lowest BCUT2D eigenvalue weighted by Crippen LogP contribution is -2.13. The van der Waals surface area contributed by atoms with Gasteiger partial charge in [-0.1, -0.05) is 40.6 Å². The van der Waals surface area contributed by atoms with E-state index < -0.39 is 5.91 Å². The highest BCUT2D eigenvalue weighted by Gasteiger charge is 2.15. The molecule has 1 amide bonds. The monoisotopic (exact) mass is 498 g/mol. The first kappa shape index (κ1) is 25.0. The summed E-state index contributed by atoms with van der Waals surface area (Å²) in [5.41, 5.74) is 2.59. The number of benzene rings is 2. The van der Waals surface area contributed by atoms with Crippen LogP contribution in [0.25, 0.3) is 6.08 Å². The molecule has 0 bridgehead atoms. The van der Waals surface area contributed by atoms with Gasteiger partial charge >= 0.3 is 0 Å². The van der Waals surface area contributed by atoms with Crippen LogP contribution in [0.1, 0.15) is 21.7 Å². The Morgan fingerprint density at radius 3 is 2.56 bits per heavy atom. The van der Waals surface area contributed by atoms with Crippen molar-refractivity contribution in [3.8, 4) is 23.3 Å². The largest absolute Gasteiger partial charge is 0.493 e. The van der Waals surface area contributed by atoms with E-state index in [1.165, 1.54) is 30.1 Å². The summed E-state index contributed by atoms with van der Waals surface area (Å²) in [6.07, 6.45) is 1.41. The highest BCUT2D eigenvalue weighted by molar-refractivity contribution is 7.15. The summed E-state index contributed by atoms with van der Waals surface area (Å²) in [6, 6.07) is 11.1. The molecule has 3 rings (SSSR count). The zero-order chi connectivity index (χ0) is 24.7. The number of amides is 1. The van der Waals surface area contributed by atoms with Gasteiger partial charge in [0.15, 0.2) is 11.5 Å². The minimum atomic E-state index is -0.599. The van der Waals surface area contributed by atoms with Gasteiger partial charge in [-0.2, -0.15) is 5.26 Å². The molecule has 0 saturated carbocycles. The predicted octanol–water partition coefficient (Wildman–Crippen LogP) is 5.13. The van der Waals surface area contributed by atoms with Gasteiger partial charge in [0.1, 0.15) is 35.6 Å². The molecule has 10 heteroatoms. The highest BCUT2D eigenvalue weighted by atomic mass is 35.5. The molecule has 0 aliphatic rings. The lowest BCUT2D eigenvalue weighted by Gasteiger charge is -2.14. The second-order valence-corrected chi connectivity index (χ2v) is 8.84. The van der Waals surface area contributed by atoms with Crippen molar-refractivity contribution in [2.75, 3.05) is 25.6 Å². The summed E-state index contributed by atoms with van der Waals surface area (Å²) in [5, 5.41) is 20.9. The number of aromatic nitrogens is 2. The fourth-order valence-electron chi connectivity index (χ4n) is 3.05. The quantitative estimate of drug-likeness (QED) is 0.247. The summed E-state index contributed by atoms with van der Waals surface area (Å²) in [5.74, 6) is 0.900. The molecular formula is C24H23ClN4O4S. The van der Waals surface area contributed by atoms with Crippen molar-refractivity contribution in [1.29, 1.82) is 5.26 Å². The standard InChI is InChI=1S/C24H23ClN4O4S/c1-14-5-6-20(15(2)9-14)32-7-8-33-22-19(25)11-17(12-21(22)31-4)10-18(13-26)23(30)27-24-29-28-16(3)34-24/h5-6,9-12H,7-8H2,1-4H3,(H,27,29,30). The number of halogens is 1. The summed E-state index contributed by atoms with van der Waals surface area (Å²) in [6.45, 7) is 6.33. The number of carbonyl (C=O) groups excluding carboxylic acids is 1. The third-order valence-electron chi connectivity index (χ3n) is 4.59. The number of ether oxygens (including phenoxy) is 3. The smallest absolute Gasteiger partial charge is 0.268 e. The molecule has 2 aromatic carbocycles. The lowest BCUT2D eigenvalue weighted by molar-refractivity contribution is -0.112. The molecule has 0 aliphatic heterocycles. The average Bonchev–Trinajstić information content (AvgIpc) is 3.21. The second-order valence-electron chi connectivity index (χ2n) is 7.25. The molecule has 0 unspecified atom stereocenters. The summed E-state index contributed by atoms with van der Waals surface area (Å²) < 4.78 is 17.0. The number of aryl methyl sites for hydroxylation is 3. The Kier molecular flexibility index (Phi) is 8.46. The topological polar surface area (TPSA) is 106 Å². The Morgan fingerprint density at radius 1 is 1.15 bits per heavy atom. The van der Waals surface area contributed by atoms with E-state index in [0.29, 0.717) is 33.8 Å². The van der Waals surface area contributed by atoms with Crippen LogP contribution in [-0.2, 0) is 4.79 Å². The highest BCUT2D eigenvalue weighted by Crippen LogP contribution is 2.37. The summed E-state index contributed by atoms with van der Waals surface area (Å²) in [4.78, 5) is 12.4. The Labute approximate surface area is 206 Å². The normalized spacial score (nSPS) is 11.0. The Bertz CT molecular complexity index is 1270. The van der Waals surface area contributed by atoms with Crippen LogP contribution in [0.3, 0.4) is 0 Å². The summed E-state index contributed by atoms with van der Waals surface area (Å²) >= 11 is 7.63. The number of rotatable bonds is 9. The molecule has 0 spiro atoms. The number of methoxy groups -OCH3 is 1. The number of nitrogens with zero attached hydrogens (tertiary/aromatic N) is 3. The zero-order valence-electron chi connectivity index (χ0n) is 19.1. The van der Waals surface area contributed by atoms with Gasteiger partial charge in [0.05, 0.1) is 12.1 Å². The average molecular weight is 499 g/mol. The molecule has 0 fully saturated rings. The van der Waals surface area contributed by atoms with Gasteiger partial charge in [-0.05, 0) is 56.2 Å². The van der Waals surface area contributed by atoms with E-state index in [0.717, 1.165) is 11.3 Å². The molecule has 8 nitrogen and oxygen atoms in total. The lowest BCUT2D eigenvalue weighted by atomic mass is 10.1. The SMILES string of the molecule is COc1cc(C=C(C#N)C(=O)Nc2nnc(C)s2)cc(Cl)c1OCCOc1ccc(C)cc1C. The molecule has 34 heavy (non-hydrogen) atoms. The minimum absolute atomic E-state index is 0.124. The van der Waals surface area contributed by atoms with Crippen molar-refractivity contribution in [3.63, 3.8) is 0 Å². The van der Waals surface area contributed by atoms with Gasteiger partial charge in [0.2, 0.25) is 5.13 Å². The van der Waals surface area contributed by atoms with Crippen molar-refractivity contribution in [3.05, 3.63) is 62.6 Å². The number of carbonyl (C=O) groups is 1. The number of hydrogen-bond acceptors (Lipinski definition) is 8. The van der Waals surface area contributed by atoms with Crippen LogP contribution >= 0.6 is 22.9 Å². The van der Waals surface area contributed by atoms with Crippen LogP contribution in [0.5, 0.6) is 17.2 Å². The Morgan fingerprint density at radius 2 is 1.91 bits per heavy atom. The van der Waals surface area contributed by atoms with Crippen molar-refractivity contribution in [2.45, 2.75) is 20.8 Å². The molecule has 0 atom stereocenters. The number of hydrogen-bond donors (Lipinski definition) is 1. The van der Waals surface area contributed by atoms with E-state index in [1.807, 2.05) is 38.1 Å². The maximum atomic E-state index is 12.4. The predicted molar refractivity (Wildman–Crippen MR) is 132 cm³/mol. The number of anilines is 1. The van der Waals surface area contributed by atoms with Gasteiger partial charge in [0.25, 0.3) is 5.91 Å². The fraction of sp³-hybridized carbons (Fsp3) is 0.250. The molecule has 0 radical (unpaired) electrons. The molecule has 0 saturated heterocycles. The number of nitrogens with one attached hydrogen (secondary N) is 1. The van der Waals surface area contributed by atoms with Gasteiger partial charge in [-0.25, -0.2) is 0 Å². The van der Waals surface area contributed by atoms with E-state index in [2.05, 4.69) is 15.5 Å². The Hall–Kier alpha value is -3.61. The third-order valence-corrected chi connectivity index (χ3v) is 5.63. The van der Waals surface area contributed by atoms with Crippen LogP contribution in [0.2, 0.25) is 5.02 Å². The van der Waals surface area contributed by atoms with E-state index in [9.17, 15) is 10.1 Å². The molecular weight excluding hydrogens is 476 g/mol. The first-order valence-corrected chi connectivity index (χ1v) is 11.4. The van der Waals surface area contributed by atoms with Crippen LogP contribution < -0.4 is 19.5 Å². The van der Waals surface area contributed by atoms with Crippen molar-refractivity contribution in [1.82, 2.24) is 10.2 Å². The van der Waals surface area contributed by atoms with Crippen LogP contribution in [0, 0.1) is 32.1 Å². The zero-order valence-corrected chi connectivity index (χ0v) is 20.7. The maximum absolute atomic E-state index is 12.4. The van der Waals surface area contributed by atoms with E-state index >= 15 is 0 Å². The van der Waals surface area contributed by atoms with E-state index in [4.69, 9.17) is 25.8 Å². The van der Waals surface area contributed by atoms with Gasteiger partial charge in [-0.3, -0.25) is 10.1 Å². The molecule has 1 N–H and O–H groups in total. The van der Waals surface area contributed by atoms with E-state index in [1.54, 1.807) is 19.1 Å². The van der Waals surface area contributed by atoms with Gasteiger partial charge < -0.3 is 14.2 Å². The van der Waals surface area contributed by atoms with E-state index in [-0.39, 0.29) is 17.2 Å². The number of nitriles is 1. The Balaban J connectivity index is 1.69. The minimum Gasteiger partial charge on any atom is -0.493 e. The molecule has 1 heterocycles. The first-order chi connectivity index (χ1) is 16.3. The van der Waals surface area contributed by atoms with Gasteiger partial charge in [-0.15, -0.1) is 10.2 Å². The maximum Gasteiger partial charge on any atom is 0.268 e. The first-order valence-electron chi connectivity index (χ1n) is 10.2. The molecule has 3 aromatic rings. The van der Waals surface area contributed by atoms with Crippen molar-refractivity contribution < 1.29 is 19.0 Å². The molecule has 176 valence electrons. The fourth-order valence-corrected chi connectivity index (χ4v) is 3.91. The van der Waals surface area contributed by atoms with Crippen LogP contribution in [0.15, 0.2) is 35.9 Å². The van der Waals surface area contributed by atoms with Crippen LogP contribution in [-0.4, -0.2) is 36.4 Å². The summed E-state index contributed by atoms with van der Waals surface area (Å²) in [7, 11) is 1.48. The second kappa shape index (κ2) is 11.5. The van der Waals surface area contributed by atoms with Crippen LogP contribution in [0.4, 0.5) is 5.13 Å². The molecule has 1 aromatic heterocycles. The van der Waals surface area contributed by atoms with Crippen molar-refractivity contribution in [2.24, 2.45) is 0 Å². The van der Waals surface area contributed by atoms with Crippen molar-refractivity contribution >= 4 is 40.1 Å². The third kappa shape index (κ3) is 6.47. The van der Waals surface area contributed by atoms with Gasteiger partial charge in [0, 0.05) is 0 Å².